The summed E-state index contributed by atoms with van der Waals surface area (Å²) in [7, 11) is 1.73. The van der Waals surface area contributed by atoms with Crippen LogP contribution in [0.2, 0.25) is 0 Å². The Kier molecular flexibility index (Phi) is 4.71. The fourth-order valence-electron chi connectivity index (χ4n) is 1.97. The lowest BCUT2D eigenvalue weighted by Crippen LogP contribution is -2.48. The summed E-state index contributed by atoms with van der Waals surface area (Å²) in [5, 5.41) is 3.42. The lowest BCUT2D eigenvalue weighted by atomic mass is 10.2. The van der Waals surface area contributed by atoms with Gasteiger partial charge < -0.3 is 14.8 Å². The van der Waals surface area contributed by atoms with E-state index in [1.807, 2.05) is 30.0 Å². The van der Waals surface area contributed by atoms with Crippen LogP contribution in [0.15, 0.2) is 29.2 Å². The summed E-state index contributed by atoms with van der Waals surface area (Å²) in [6.07, 6.45) is 0.176. The van der Waals surface area contributed by atoms with Gasteiger partial charge in [0.1, 0.15) is 11.9 Å². The van der Waals surface area contributed by atoms with Gasteiger partial charge in [0.25, 0.3) is 0 Å². The first-order chi connectivity index (χ1) is 8.35. The highest BCUT2D eigenvalue weighted by Crippen LogP contribution is 2.35. The van der Waals surface area contributed by atoms with Gasteiger partial charge in [0.2, 0.25) is 0 Å². The number of nitrogens with one attached hydrogen (secondary N) is 1. The molecule has 1 heterocycles. The minimum Gasteiger partial charge on any atom is -0.487 e. The van der Waals surface area contributed by atoms with E-state index in [9.17, 15) is 0 Å². The van der Waals surface area contributed by atoms with Crippen molar-refractivity contribution in [3.05, 3.63) is 24.3 Å². The van der Waals surface area contributed by atoms with Gasteiger partial charge in [-0.2, -0.15) is 0 Å². The Balaban J connectivity index is 2.04. The third kappa shape index (κ3) is 3.15. The zero-order valence-corrected chi connectivity index (χ0v) is 11.1. The average molecular weight is 253 g/mol. The molecule has 2 atom stereocenters. The van der Waals surface area contributed by atoms with Crippen LogP contribution in [0, 0.1) is 0 Å². The van der Waals surface area contributed by atoms with Crippen molar-refractivity contribution in [3.63, 3.8) is 0 Å². The minimum atomic E-state index is 0.176. The third-order valence-electron chi connectivity index (χ3n) is 2.79. The van der Waals surface area contributed by atoms with Gasteiger partial charge in [0.05, 0.1) is 12.6 Å². The predicted molar refractivity (Wildman–Crippen MR) is 70.9 cm³/mol. The summed E-state index contributed by atoms with van der Waals surface area (Å²) in [6.45, 7) is 3.72. The molecule has 1 aromatic rings. The molecule has 0 bridgehead atoms. The topological polar surface area (TPSA) is 30.5 Å². The van der Waals surface area contributed by atoms with E-state index in [0.29, 0.717) is 6.61 Å². The Morgan fingerprint density at radius 2 is 2.35 bits per heavy atom. The molecule has 2 unspecified atom stereocenters. The fourth-order valence-corrected chi connectivity index (χ4v) is 3.05. The molecule has 2 rings (SSSR count). The Bertz CT molecular complexity index is 353. The van der Waals surface area contributed by atoms with E-state index >= 15 is 0 Å². The van der Waals surface area contributed by atoms with Gasteiger partial charge in [0.15, 0.2) is 0 Å². The van der Waals surface area contributed by atoms with Crippen LogP contribution in [0.25, 0.3) is 0 Å². The van der Waals surface area contributed by atoms with Crippen molar-refractivity contribution in [1.29, 1.82) is 0 Å². The molecular formula is C13H19NO2S. The van der Waals surface area contributed by atoms with Crippen molar-refractivity contribution in [1.82, 2.24) is 5.32 Å². The number of thioether (sulfide) groups is 1. The largest absolute Gasteiger partial charge is 0.487 e. The molecule has 94 valence electrons. The van der Waals surface area contributed by atoms with Gasteiger partial charge in [0, 0.05) is 17.8 Å². The van der Waals surface area contributed by atoms with Gasteiger partial charge in [-0.3, -0.25) is 0 Å². The Hall–Kier alpha value is -0.710. The van der Waals surface area contributed by atoms with Crippen LogP contribution < -0.4 is 10.1 Å². The minimum absolute atomic E-state index is 0.176. The maximum atomic E-state index is 6.04. The number of hydrogen-bond acceptors (Lipinski definition) is 4. The van der Waals surface area contributed by atoms with Gasteiger partial charge in [-0.15, -0.1) is 11.8 Å². The van der Waals surface area contributed by atoms with Crippen LogP contribution in [0.3, 0.4) is 0 Å². The van der Waals surface area contributed by atoms with Crippen LogP contribution in [0.1, 0.15) is 6.92 Å². The molecule has 4 heteroatoms. The van der Waals surface area contributed by atoms with E-state index in [-0.39, 0.29) is 12.1 Å². The highest BCUT2D eigenvalue weighted by Gasteiger charge is 2.27. The molecule has 0 aromatic heterocycles. The zero-order valence-electron chi connectivity index (χ0n) is 10.3. The molecule has 1 aromatic carbocycles. The molecular weight excluding hydrogens is 234 g/mol. The summed E-state index contributed by atoms with van der Waals surface area (Å²) in [4.78, 5) is 1.23. The van der Waals surface area contributed by atoms with E-state index in [2.05, 4.69) is 18.3 Å². The van der Waals surface area contributed by atoms with Crippen LogP contribution >= 0.6 is 11.8 Å². The van der Waals surface area contributed by atoms with Crippen LogP contribution in [0.4, 0.5) is 0 Å². The SMILES string of the molecule is CCNC(COC)C1CSc2ccccc2O1. The smallest absolute Gasteiger partial charge is 0.133 e. The number of rotatable bonds is 5. The van der Waals surface area contributed by atoms with Gasteiger partial charge in [-0.1, -0.05) is 19.1 Å². The third-order valence-corrected chi connectivity index (χ3v) is 3.94. The zero-order chi connectivity index (χ0) is 12.1. The highest BCUT2D eigenvalue weighted by molar-refractivity contribution is 7.99. The quantitative estimate of drug-likeness (QED) is 0.871. The second-order valence-electron chi connectivity index (χ2n) is 4.03. The van der Waals surface area contributed by atoms with E-state index < -0.39 is 0 Å². The van der Waals surface area contributed by atoms with E-state index in [1.54, 1.807) is 7.11 Å². The van der Waals surface area contributed by atoms with E-state index in [1.165, 1.54) is 4.90 Å². The molecule has 1 aliphatic heterocycles. The first kappa shape index (κ1) is 12.7. The molecule has 0 fully saturated rings. The molecule has 0 saturated heterocycles. The van der Waals surface area contributed by atoms with Crippen molar-refractivity contribution in [2.75, 3.05) is 26.0 Å². The molecule has 0 aliphatic carbocycles. The standard InChI is InChI=1S/C13H19NO2S/c1-3-14-10(8-15-2)12-9-17-13-7-5-4-6-11(13)16-12/h4-7,10,12,14H,3,8-9H2,1-2H3. The number of fused-ring (bicyclic) bond motifs is 1. The summed E-state index contributed by atoms with van der Waals surface area (Å²) in [5.74, 6) is 1.96. The number of methoxy groups -OCH3 is 1. The van der Waals surface area contributed by atoms with Crippen molar-refractivity contribution >= 4 is 11.8 Å². The molecule has 1 aliphatic rings. The van der Waals surface area contributed by atoms with Gasteiger partial charge >= 0.3 is 0 Å². The lowest BCUT2D eigenvalue weighted by molar-refractivity contribution is 0.0942. The van der Waals surface area contributed by atoms with Crippen LogP contribution in [-0.2, 0) is 4.74 Å². The summed E-state index contributed by atoms with van der Waals surface area (Å²) in [6, 6.07) is 8.46. The lowest BCUT2D eigenvalue weighted by Gasteiger charge is -2.31. The first-order valence-electron chi connectivity index (χ1n) is 5.96. The molecule has 17 heavy (non-hydrogen) atoms. The second-order valence-corrected chi connectivity index (χ2v) is 5.10. The van der Waals surface area contributed by atoms with Gasteiger partial charge in [-0.05, 0) is 18.7 Å². The summed E-state index contributed by atoms with van der Waals surface area (Å²) < 4.78 is 11.3. The molecule has 0 saturated carbocycles. The monoisotopic (exact) mass is 253 g/mol. The summed E-state index contributed by atoms with van der Waals surface area (Å²) >= 11 is 1.86. The van der Waals surface area contributed by atoms with Crippen molar-refractivity contribution in [2.24, 2.45) is 0 Å². The van der Waals surface area contributed by atoms with Crippen molar-refractivity contribution in [2.45, 2.75) is 24.0 Å². The number of benzene rings is 1. The van der Waals surface area contributed by atoms with E-state index in [0.717, 1.165) is 18.0 Å². The number of likely N-dealkylation sites (N-methyl/N-ethyl adjacent to an activating group) is 1. The molecule has 0 radical (unpaired) electrons. The highest BCUT2D eigenvalue weighted by atomic mass is 32.2. The molecule has 0 spiro atoms. The van der Waals surface area contributed by atoms with Crippen molar-refractivity contribution in [3.8, 4) is 5.75 Å². The van der Waals surface area contributed by atoms with Crippen LogP contribution in [-0.4, -0.2) is 38.2 Å². The van der Waals surface area contributed by atoms with E-state index in [4.69, 9.17) is 9.47 Å². The fraction of sp³-hybridized carbons (Fsp3) is 0.538. The normalized spacial score (nSPS) is 20.5. The maximum absolute atomic E-state index is 6.04. The molecule has 1 N–H and O–H groups in total. The first-order valence-corrected chi connectivity index (χ1v) is 6.94. The molecule has 0 amide bonds. The predicted octanol–water partition coefficient (Wildman–Crippen LogP) is 2.16. The number of para-hydroxylation sites is 1. The number of ether oxygens (including phenoxy) is 2. The van der Waals surface area contributed by atoms with Gasteiger partial charge in [-0.25, -0.2) is 0 Å². The maximum Gasteiger partial charge on any atom is 0.133 e. The molecule has 3 nitrogen and oxygen atoms in total. The second kappa shape index (κ2) is 6.28. The van der Waals surface area contributed by atoms with Crippen LogP contribution in [0.5, 0.6) is 5.75 Å². The Morgan fingerprint density at radius 1 is 1.53 bits per heavy atom. The Labute approximate surface area is 107 Å². The summed E-state index contributed by atoms with van der Waals surface area (Å²) in [5.41, 5.74) is 0. The van der Waals surface area contributed by atoms with Crippen molar-refractivity contribution < 1.29 is 9.47 Å². The number of hydrogen-bond donors (Lipinski definition) is 1. The Morgan fingerprint density at radius 3 is 3.12 bits per heavy atom. The average Bonchev–Trinajstić information content (AvgIpc) is 2.38.